The molecule has 1 nitrogen and oxygen atoms in total. The van der Waals surface area contributed by atoms with Crippen LogP contribution in [0, 0.1) is 16.7 Å². The van der Waals surface area contributed by atoms with Crippen molar-refractivity contribution in [3.8, 4) is 0 Å². The highest BCUT2D eigenvalue weighted by Gasteiger charge is 2.71. The van der Waals surface area contributed by atoms with E-state index in [1.807, 2.05) is 20.8 Å². The van der Waals surface area contributed by atoms with Gasteiger partial charge in [0.15, 0.2) is 0 Å². The fourth-order valence-corrected chi connectivity index (χ4v) is 3.27. The molecule has 25 heavy (non-hydrogen) atoms. The lowest BCUT2D eigenvalue weighted by molar-refractivity contribution is -0.374. The van der Waals surface area contributed by atoms with E-state index in [0.717, 1.165) is 0 Å². The van der Waals surface area contributed by atoms with E-state index in [0.29, 0.717) is 25.7 Å². The van der Waals surface area contributed by atoms with Crippen molar-refractivity contribution in [1.82, 2.24) is 0 Å². The van der Waals surface area contributed by atoms with Gasteiger partial charge in [-0.2, -0.15) is 26.3 Å². The zero-order chi connectivity index (χ0) is 20.3. The molecular weight excluding hydrogens is 346 g/mol. The van der Waals surface area contributed by atoms with Crippen molar-refractivity contribution in [3.05, 3.63) is 0 Å². The average Bonchev–Trinajstić information content (AvgIpc) is 2.50. The van der Waals surface area contributed by atoms with Crippen molar-refractivity contribution in [2.75, 3.05) is 0 Å². The molecule has 1 N–H and O–H groups in total. The van der Waals surface area contributed by atoms with Crippen molar-refractivity contribution in [2.24, 2.45) is 16.7 Å². The summed E-state index contributed by atoms with van der Waals surface area (Å²) >= 11 is 0. The second-order valence-corrected chi connectivity index (χ2v) is 7.84. The Labute approximate surface area is 147 Å². The monoisotopic (exact) mass is 378 g/mol. The van der Waals surface area contributed by atoms with Crippen LogP contribution >= 0.6 is 0 Å². The summed E-state index contributed by atoms with van der Waals surface area (Å²) in [4.78, 5) is 0. The van der Waals surface area contributed by atoms with Gasteiger partial charge in [0.2, 0.25) is 0 Å². The fourth-order valence-electron chi connectivity index (χ4n) is 3.27. The van der Waals surface area contributed by atoms with Crippen LogP contribution in [-0.2, 0) is 0 Å². The van der Waals surface area contributed by atoms with E-state index in [-0.39, 0.29) is 11.8 Å². The van der Waals surface area contributed by atoms with Crippen LogP contribution in [0.4, 0.5) is 26.3 Å². The van der Waals surface area contributed by atoms with Crippen LogP contribution in [0.25, 0.3) is 0 Å². The number of halogens is 6. The minimum atomic E-state index is -5.76. The number of rotatable bonds is 9. The molecule has 0 aliphatic rings. The Morgan fingerprint density at radius 1 is 0.680 bits per heavy atom. The largest absolute Gasteiger partial charge is 0.426 e. The summed E-state index contributed by atoms with van der Waals surface area (Å²) in [5.41, 5.74) is -5.76. The van der Waals surface area contributed by atoms with Gasteiger partial charge in [-0.1, -0.05) is 67.2 Å². The van der Waals surface area contributed by atoms with Gasteiger partial charge in [-0.25, -0.2) is 0 Å². The lowest BCUT2D eigenvalue weighted by atomic mass is 9.62. The molecule has 152 valence electrons. The van der Waals surface area contributed by atoms with Crippen molar-refractivity contribution >= 4 is 0 Å². The van der Waals surface area contributed by atoms with Gasteiger partial charge in [0.25, 0.3) is 5.60 Å². The van der Waals surface area contributed by atoms with Crippen LogP contribution in [0.1, 0.15) is 80.1 Å². The molecule has 0 heterocycles. The summed E-state index contributed by atoms with van der Waals surface area (Å²) in [7, 11) is 0. The van der Waals surface area contributed by atoms with E-state index in [1.165, 1.54) is 0 Å². The minimum Gasteiger partial charge on any atom is -0.374 e. The zero-order valence-electron chi connectivity index (χ0n) is 16.0. The first kappa shape index (κ1) is 24.5. The summed E-state index contributed by atoms with van der Waals surface area (Å²) in [6.07, 6.45) is -10.5. The minimum absolute atomic E-state index is 0.215. The Morgan fingerprint density at radius 3 is 1.28 bits per heavy atom. The number of hydrogen-bond acceptors (Lipinski definition) is 1. The third-order valence-electron chi connectivity index (χ3n) is 6.53. The van der Waals surface area contributed by atoms with Crippen LogP contribution in [0.2, 0.25) is 0 Å². The molecule has 0 rings (SSSR count). The first-order chi connectivity index (χ1) is 11.1. The first-order valence-corrected chi connectivity index (χ1v) is 8.91. The molecule has 0 aliphatic heterocycles. The predicted octanol–water partition coefficient (Wildman–Crippen LogP) is 6.89. The lowest BCUT2D eigenvalue weighted by Gasteiger charge is -2.45. The zero-order valence-corrected chi connectivity index (χ0v) is 16.0. The van der Waals surface area contributed by atoms with Crippen LogP contribution < -0.4 is 0 Å². The maximum Gasteiger partial charge on any atom is 0.426 e. The van der Waals surface area contributed by atoms with Gasteiger partial charge in [0.1, 0.15) is 0 Å². The first-order valence-electron chi connectivity index (χ1n) is 8.91. The molecule has 0 saturated heterocycles. The molecule has 1 unspecified atom stereocenters. The van der Waals surface area contributed by atoms with Gasteiger partial charge in [-0.3, -0.25) is 0 Å². The molecule has 0 bridgehead atoms. The third-order valence-corrected chi connectivity index (χ3v) is 6.53. The highest BCUT2D eigenvalue weighted by Crippen LogP contribution is 2.53. The van der Waals surface area contributed by atoms with Crippen molar-refractivity contribution in [2.45, 2.75) is 98.0 Å². The van der Waals surface area contributed by atoms with E-state index < -0.39 is 35.7 Å². The van der Waals surface area contributed by atoms with Gasteiger partial charge in [-0.05, 0) is 29.6 Å². The maximum absolute atomic E-state index is 13.2. The van der Waals surface area contributed by atoms with Crippen LogP contribution in [0.15, 0.2) is 0 Å². The summed E-state index contributed by atoms with van der Waals surface area (Å²) in [5, 5.41) is 9.70. The number of hydrogen-bond donors (Lipinski definition) is 1. The Kier molecular flexibility index (Phi) is 7.90. The standard InChI is InChI=1S/C18H32F6O/c1-7-14(5,8-2)11-13(15(6,9-3)10-4)12-16(25,17(19,20)21)18(22,23)24/h13,25H,7-12H2,1-6H3. The quantitative estimate of drug-likeness (QED) is 0.433. The van der Waals surface area contributed by atoms with Gasteiger partial charge >= 0.3 is 12.4 Å². The molecule has 0 aromatic rings. The van der Waals surface area contributed by atoms with Crippen LogP contribution in [0.5, 0.6) is 0 Å². The summed E-state index contributed by atoms with van der Waals surface area (Å²) in [6, 6.07) is 0. The number of alkyl halides is 6. The van der Waals surface area contributed by atoms with Crippen LogP contribution in [-0.4, -0.2) is 23.1 Å². The Bertz CT molecular complexity index is 391. The molecule has 0 aromatic heterocycles. The molecule has 7 heteroatoms. The topological polar surface area (TPSA) is 20.2 Å². The van der Waals surface area contributed by atoms with E-state index >= 15 is 0 Å². The molecule has 0 aromatic carbocycles. The average molecular weight is 378 g/mol. The SMILES string of the molecule is CCC(C)(CC)CC(CC(O)(C(F)(F)F)C(F)(F)F)C(C)(CC)CC. The van der Waals surface area contributed by atoms with Gasteiger partial charge in [0.05, 0.1) is 0 Å². The summed E-state index contributed by atoms with van der Waals surface area (Å²) in [5.74, 6) is -0.902. The van der Waals surface area contributed by atoms with E-state index in [2.05, 4.69) is 0 Å². The molecule has 0 aliphatic carbocycles. The lowest BCUT2D eigenvalue weighted by Crippen LogP contribution is -2.59. The Morgan fingerprint density at radius 2 is 1.04 bits per heavy atom. The van der Waals surface area contributed by atoms with Crippen molar-refractivity contribution < 1.29 is 31.4 Å². The molecule has 0 amide bonds. The normalized spacial score (nSPS) is 16.2. The van der Waals surface area contributed by atoms with Crippen molar-refractivity contribution in [3.63, 3.8) is 0 Å². The molecule has 1 atom stereocenters. The molecule has 0 saturated carbocycles. The van der Waals surface area contributed by atoms with Gasteiger partial charge in [0, 0.05) is 0 Å². The maximum atomic E-state index is 13.2. The summed E-state index contributed by atoms with van der Waals surface area (Å²) in [6.45, 7) is 10.9. The second kappa shape index (κ2) is 8.05. The molecule has 0 radical (unpaired) electrons. The molecule has 0 spiro atoms. The van der Waals surface area contributed by atoms with Crippen molar-refractivity contribution in [1.29, 1.82) is 0 Å². The van der Waals surface area contributed by atoms with Crippen LogP contribution in [0.3, 0.4) is 0 Å². The smallest absolute Gasteiger partial charge is 0.374 e. The second-order valence-electron chi connectivity index (χ2n) is 7.84. The molecule has 0 fully saturated rings. The third kappa shape index (κ3) is 5.27. The van der Waals surface area contributed by atoms with Gasteiger partial charge in [-0.15, -0.1) is 0 Å². The summed E-state index contributed by atoms with van der Waals surface area (Å²) < 4.78 is 79.1. The van der Waals surface area contributed by atoms with E-state index in [4.69, 9.17) is 0 Å². The van der Waals surface area contributed by atoms with E-state index in [1.54, 1.807) is 20.8 Å². The Hall–Kier alpha value is -0.460. The Balaban J connectivity index is 6.08. The highest BCUT2D eigenvalue weighted by molar-refractivity contribution is 4.99. The fraction of sp³-hybridized carbons (Fsp3) is 1.00. The van der Waals surface area contributed by atoms with Gasteiger partial charge < -0.3 is 5.11 Å². The number of aliphatic hydroxyl groups is 1. The molecular formula is C18H32F6O. The predicted molar refractivity (Wildman–Crippen MR) is 87.2 cm³/mol. The highest BCUT2D eigenvalue weighted by atomic mass is 19.4. The van der Waals surface area contributed by atoms with E-state index in [9.17, 15) is 31.4 Å².